The van der Waals surface area contributed by atoms with Gasteiger partial charge in [0.25, 0.3) is 0 Å². The summed E-state index contributed by atoms with van der Waals surface area (Å²) in [4.78, 5) is 30.5. The zero-order valence-electron chi connectivity index (χ0n) is 13.9. The fourth-order valence-electron chi connectivity index (χ4n) is 2.82. The lowest BCUT2D eigenvalue weighted by molar-refractivity contribution is -0.156. The number of thioether (sulfide) groups is 3. The van der Waals surface area contributed by atoms with Gasteiger partial charge in [0.2, 0.25) is 11.1 Å². The molecule has 2 aliphatic rings. The summed E-state index contributed by atoms with van der Waals surface area (Å²) in [5.41, 5.74) is 0.00626. The number of aromatic nitrogens is 3. The van der Waals surface area contributed by atoms with Crippen LogP contribution in [0.4, 0.5) is 0 Å². The summed E-state index contributed by atoms with van der Waals surface area (Å²) in [5, 5.41) is 29.0. The van der Waals surface area contributed by atoms with Gasteiger partial charge in [-0.1, -0.05) is 29.6 Å². The van der Waals surface area contributed by atoms with Crippen LogP contribution in [0, 0.1) is 5.92 Å². The molecule has 0 bridgehead atoms. The van der Waals surface area contributed by atoms with E-state index < -0.39 is 18.0 Å². The van der Waals surface area contributed by atoms with Crippen molar-refractivity contribution in [2.45, 2.75) is 23.6 Å². The first-order valence-corrected chi connectivity index (χ1v) is 11.6. The second kappa shape index (κ2) is 7.51. The van der Waals surface area contributed by atoms with Crippen molar-refractivity contribution >= 4 is 58.5 Å². The molecule has 0 spiro atoms. The van der Waals surface area contributed by atoms with Crippen molar-refractivity contribution in [3.05, 3.63) is 27.4 Å². The molecule has 142 valence electrons. The maximum atomic E-state index is 12.2. The van der Waals surface area contributed by atoms with E-state index in [2.05, 4.69) is 15.2 Å². The number of carboxylic acids is 1. The maximum absolute atomic E-state index is 12.2. The first kappa shape index (κ1) is 18.9. The van der Waals surface area contributed by atoms with Crippen molar-refractivity contribution in [1.82, 2.24) is 20.1 Å². The molecule has 2 aromatic rings. The van der Waals surface area contributed by atoms with E-state index in [0.29, 0.717) is 20.3 Å². The zero-order chi connectivity index (χ0) is 19.1. The van der Waals surface area contributed by atoms with E-state index in [4.69, 9.17) is 0 Å². The topological polar surface area (TPSA) is 119 Å². The number of rotatable bonds is 7. The highest BCUT2D eigenvalue weighted by atomic mass is 32.2. The third-order valence-electron chi connectivity index (χ3n) is 4.07. The third kappa shape index (κ3) is 3.40. The SMILES string of the molecule is CC(O)[C@H]1C(=O)N2C(C(=O)O)=C(SCSc3n[nH]c(-c4cccs4)n3)S[C@H]12. The molecular formula is C15H14N4O4S4. The summed E-state index contributed by atoms with van der Waals surface area (Å²) in [6, 6.07) is 3.89. The minimum Gasteiger partial charge on any atom is -0.477 e. The molecular weight excluding hydrogens is 428 g/mol. The Morgan fingerprint density at radius 1 is 1.48 bits per heavy atom. The number of amides is 1. The number of aromatic amines is 1. The number of carbonyl (C=O) groups is 2. The number of hydrogen-bond donors (Lipinski definition) is 3. The van der Waals surface area contributed by atoms with Crippen LogP contribution in [0.2, 0.25) is 0 Å². The number of hydrogen-bond acceptors (Lipinski definition) is 9. The van der Waals surface area contributed by atoms with Crippen molar-refractivity contribution in [3.63, 3.8) is 0 Å². The fraction of sp³-hybridized carbons (Fsp3) is 0.333. The number of fused-ring (bicyclic) bond motifs is 1. The van der Waals surface area contributed by atoms with Crippen LogP contribution in [-0.4, -0.2) is 58.7 Å². The van der Waals surface area contributed by atoms with Crippen LogP contribution in [0.5, 0.6) is 0 Å². The molecule has 2 aromatic heterocycles. The number of thiophene rings is 1. The van der Waals surface area contributed by atoms with Crippen molar-refractivity contribution < 1.29 is 19.8 Å². The highest BCUT2D eigenvalue weighted by molar-refractivity contribution is 8.27. The Balaban J connectivity index is 1.41. The summed E-state index contributed by atoms with van der Waals surface area (Å²) in [5.74, 6) is -1.32. The van der Waals surface area contributed by atoms with Gasteiger partial charge in [0, 0.05) is 0 Å². The second-order valence-corrected chi connectivity index (χ2v) is 10.4. The Hall–Kier alpha value is -1.47. The summed E-state index contributed by atoms with van der Waals surface area (Å²) in [6.45, 7) is 1.55. The molecule has 2 aliphatic heterocycles. The second-order valence-electron chi connectivity index (χ2n) is 5.77. The average Bonchev–Trinajstić information content (AvgIpc) is 3.32. The average molecular weight is 443 g/mol. The van der Waals surface area contributed by atoms with Gasteiger partial charge >= 0.3 is 5.97 Å². The predicted molar refractivity (Wildman–Crippen MR) is 106 cm³/mol. The van der Waals surface area contributed by atoms with Crippen LogP contribution >= 0.6 is 46.6 Å². The van der Waals surface area contributed by atoms with Gasteiger partial charge in [-0.2, -0.15) is 0 Å². The molecule has 4 rings (SSSR count). The molecule has 1 fully saturated rings. The van der Waals surface area contributed by atoms with Crippen LogP contribution in [0.1, 0.15) is 6.92 Å². The Bertz CT molecular complexity index is 911. The molecule has 0 aliphatic carbocycles. The zero-order valence-corrected chi connectivity index (χ0v) is 17.1. The Morgan fingerprint density at radius 3 is 2.96 bits per heavy atom. The van der Waals surface area contributed by atoms with Crippen molar-refractivity contribution in [1.29, 1.82) is 0 Å². The summed E-state index contributed by atoms with van der Waals surface area (Å²) < 4.78 is 0.575. The van der Waals surface area contributed by atoms with E-state index in [1.807, 2.05) is 17.5 Å². The molecule has 0 saturated carbocycles. The van der Waals surface area contributed by atoms with Gasteiger partial charge in [-0.05, 0) is 18.4 Å². The summed E-state index contributed by atoms with van der Waals surface area (Å²) in [7, 11) is 0. The molecule has 12 heteroatoms. The first-order chi connectivity index (χ1) is 13.0. The normalized spacial score (nSPS) is 22.7. The number of nitrogens with one attached hydrogen (secondary N) is 1. The first-order valence-electron chi connectivity index (χ1n) is 7.84. The maximum Gasteiger partial charge on any atom is 0.354 e. The van der Waals surface area contributed by atoms with Crippen LogP contribution in [0.25, 0.3) is 10.7 Å². The number of H-pyrrole nitrogens is 1. The van der Waals surface area contributed by atoms with Gasteiger partial charge in [0.1, 0.15) is 5.37 Å². The van der Waals surface area contributed by atoms with Crippen molar-refractivity contribution in [2.24, 2.45) is 5.92 Å². The fourth-order valence-corrected chi connectivity index (χ4v) is 7.48. The van der Waals surface area contributed by atoms with E-state index in [-0.39, 0.29) is 17.0 Å². The monoisotopic (exact) mass is 442 g/mol. The van der Waals surface area contributed by atoms with Gasteiger partial charge in [-0.15, -0.1) is 28.2 Å². The molecule has 0 aromatic carbocycles. The third-order valence-corrected chi connectivity index (χ3v) is 8.58. The standard InChI is InChI=1S/C15H14N4O4S4/c1-6(20)8-11(21)19-9(13(22)23)14(27-12(8)19)25-5-26-15-16-10(17-18-15)7-3-2-4-24-7/h2-4,6,8,12,20H,5H2,1H3,(H,22,23)(H,16,17,18)/t6?,8-,12+/m0/s1. The number of carboxylic acid groups (broad SMARTS) is 1. The smallest absolute Gasteiger partial charge is 0.354 e. The van der Waals surface area contributed by atoms with Gasteiger partial charge in [-0.3, -0.25) is 14.8 Å². The van der Waals surface area contributed by atoms with Crippen molar-refractivity contribution in [2.75, 3.05) is 5.08 Å². The van der Waals surface area contributed by atoms with E-state index in [9.17, 15) is 19.8 Å². The van der Waals surface area contributed by atoms with Crippen LogP contribution < -0.4 is 0 Å². The molecule has 4 heterocycles. The Kier molecular flexibility index (Phi) is 5.25. The van der Waals surface area contributed by atoms with Gasteiger partial charge < -0.3 is 10.2 Å². The predicted octanol–water partition coefficient (Wildman–Crippen LogP) is 2.48. The number of aliphatic hydroxyl groups is 1. The quantitative estimate of drug-likeness (QED) is 0.337. The van der Waals surface area contributed by atoms with E-state index in [0.717, 1.165) is 4.88 Å². The number of nitrogens with zero attached hydrogens (tertiary/aromatic N) is 3. The van der Waals surface area contributed by atoms with E-state index in [1.54, 1.807) is 18.3 Å². The summed E-state index contributed by atoms with van der Waals surface area (Å²) in [6.07, 6.45) is -0.802. The van der Waals surface area contributed by atoms with Gasteiger partial charge in [0.05, 0.1) is 26.2 Å². The molecule has 0 radical (unpaired) electrons. The minimum atomic E-state index is -1.13. The molecule has 3 atom stereocenters. The lowest BCUT2D eigenvalue weighted by Gasteiger charge is -2.43. The molecule has 1 unspecified atom stereocenters. The van der Waals surface area contributed by atoms with Crippen LogP contribution in [0.3, 0.4) is 0 Å². The number of carbonyl (C=O) groups excluding carboxylic acids is 1. The molecule has 1 saturated heterocycles. The Morgan fingerprint density at radius 2 is 2.30 bits per heavy atom. The molecule has 27 heavy (non-hydrogen) atoms. The number of aliphatic hydroxyl groups excluding tert-OH is 1. The highest BCUT2D eigenvalue weighted by Gasteiger charge is 2.57. The van der Waals surface area contributed by atoms with Gasteiger partial charge in [-0.25, -0.2) is 9.78 Å². The number of β-lactam (4-membered cyclic amide) rings is 1. The summed E-state index contributed by atoms with van der Waals surface area (Å²) >= 11 is 5.62. The van der Waals surface area contributed by atoms with Crippen LogP contribution in [-0.2, 0) is 9.59 Å². The molecule has 8 nitrogen and oxygen atoms in total. The van der Waals surface area contributed by atoms with E-state index in [1.165, 1.54) is 40.2 Å². The highest BCUT2D eigenvalue weighted by Crippen LogP contribution is 2.54. The lowest BCUT2D eigenvalue weighted by Crippen LogP contribution is -2.60. The van der Waals surface area contributed by atoms with E-state index >= 15 is 0 Å². The molecule has 3 N–H and O–H groups in total. The lowest BCUT2D eigenvalue weighted by atomic mass is 9.92. The minimum absolute atomic E-state index is 0.00626. The van der Waals surface area contributed by atoms with Crippen molar-refractivity contribution in [3.8, 4) is 10.7 Å². The number of aliphatic carboxylic acids is 1. The largest absolute Gasteiger partial charge is 0.477 e. The van der Waals surface area contributed by atoms with Gasteiger partial charge in [0.15, 0.2) is 11.5 Å². The Labute approximate surface area is 170 Å². The molecule has 1 amide bonds. The van der Waals surface area contributed by atoms with Crippen LogP contribution in [0.15, 0.2) is 32.6 Å².